The zero-order valence-electron chi connectivity index (χ0n) is 78.2. The number of carbonyl (C=O) groups excluding carboxylic acids is 6. The Balaban J connectivity index is 0.000000134. The van der Waals surface area contributed by atoms with Crippen molar-refractivity contribution in [1.29, 1.82) is 0 Å². The fourth-order valence-electron chi connectivity index (χ4n) is 19.7. The molecule has 722 valence electrons. The lowest BCUT2D eigenvalue weighted by Gasteiger charge is -2.33. The van der Waals surface area contributed by atoms with Gasteiger partial charge >= 0.3 is 0 Å². The minimum atomic E-state index is -1.10. The number of fused-ring (bicyclic) bond motifs is 3. The molecule has 0 aliphatic carbocycles. The number of nitrogens with one attached hydrogen (secondary N) is 6. The second kappa shape index (κ2) is 42.7. The molecular formula is C103H110F2N24O10S. The van der Waals surface area contributed by atoms with Crippen LogP contribution >= 0.6 is 11.8 Å². The van der Waals surface area contributed by atoms with E-state index in [4.69, 9.17) is 18.9 Å². The van der Waals surface area contributed by atoms with Crippen LogP contribution < -0.4 is 25.8 Å². The second-order valence-electron chi connectivity index (χ2n) is 36.3. The molecule has 6 amide bonds. The van der Waals surface area contributed by atoms with E-state index in [0.29, 0.717) is 169 Å². The van der Waals surface area contributed by atoms with Gasteiger partial charge in [-0.1, -0.05) is 72.8 Å². The van der Waals surface area contributed by atoms with Gasteiger partial charge in [-0.15, -0.1) is 11.8 Å². The van der Waals surface area contributed by atoms with Crippen molar-refractivity contribution < 1.29 is 56.5 Å². The smallest absolute Gasteiger partial charge is 0.258 e. The summed E-state index contributed by atoms with van der Waals surface area (Å²) in [6.45, 7) is 13.0. The van der Waals surface area contributed by atoms with Crippen LogP contribution in [0.5, 0.6) is 0 Å². The number of amides is 6. The van der Waals surface area contributed by atoms with Gasteiger partial charge in [-0.2, -0.15) is 19.7 Å². The Kier molecular flexibility index (Phi) is 29.0. The number of piperidine rings is 1. The van der Waals surface area contributed by atoms with Crippen LogP contribution in [-0.4, -0.2) is 318 Å². The maximum absolute atomic E-state index is 15.1. The number of carbonyl (C=O) groups is 6. The lowest BCUT2D eigenvalue weighted by atomic mass is 9.89. The number of aromatic amines is 3. The minimum Gasteiger partial charge on any atom is -0.378 e. The van der Waals surface area contributed by atoms with Gasteiger partial charge in [0, 0.05) is 223 Å². The van der Waals surface area contributed by atoms with Gasteiger partial charge in [-0.25, -0.2) is 39.3 Å². The number of ether oxygens (including phenoxy) is 4. The van der Waals surface area contributed by atoms with Crippen molar-refractivity contribution in [2.45, 2.75) is 66.8 Å². The average Bonchev–Trinajstić information content (AvgIpc) is 1.64. The van der Waals surface area contributed by atoms with Gasteiger partial charge in [-0.3, -0.25) is 58.8 Å². The molecule has 34 nitrogen and oxygen atoms in total. The van der Waals surface area contributed by atoms with Crippen LogP contribution in [0.3, 0.4) is 0 Å². The number of hydrogen-bond acceptors (Lipinski definition) is 26. The van der Waals surface area contributed by atoms with Crippen molar-refractivity contribution in [3.05, 3.63) is 236 Å². The van der Waals surface area contributed by atoms with E-state index in [1.807, 2.05) is 105 Å². The van der Waals surface area contributed by atoms with Crippen LogP contribution in [0.15, 0.2) is 207 Å². The Bertz CT molecular complexity index is 6690. The van der Waals surface area contributed by atoms with Gasteiger partial charge in [0.05, 0.1) is 62.6 Å². The number of pyridine rings is 1. The summed E-state index contributed by atoms with van der Waals surface area (Å²) in [6.07, 6.45) is 22.5. The van der Waals surface area contributed by atoms with Crippen LogP contribution in [0.1, 0.15) is 67.6 Å². The molecule has 8 aliphatic rings. The number of morpholine rings is 2. The van der Waals surface area contributed by atoms with Crippen molar-refractivity contribution in [3.8, 4) is 45.4 Å². The number of aromatic nitrogens is 13. The Morgan fingerprint density at radius 1 is 0.443 bits per heavy atom. The van der Waals surface area contributed by atoms with E-state index in [2.05, 4.69) is 139 Å². The SMILES string of the molecule is CO[C@@]1(C(=O)Nc2ccc3[nH]nc(-c4ccc(F)nc4)c3c2)CCN(CC(=O)N2CC=C(c3ccc(-c4ncccn4)cc3)CC2)C1.CO[C@@]1(C(=O)Nc2ccc3[nH]nc(N4CCOCC4)c3c2)CCN(CC(=O)N2CC=C(c3ccc(-c4ncccn4)cc3F)CC2)C1.CS[C@@]1(C(=O)Nc2ccc3[nH]nc(N4CCOCC4)c3c2)CCN(CC(=O)N2CCC(c3ccc(-c4ncccn4)cc3)CC2)C1. The zero-order chi connectivity index (χ0) is 96.3. The fourth-order valence-corrected chi connectivity index (χ4v) is 20.5. The molecule has 140 heavy (non-hydrogen) atoms. The molecule has 13 aromatic rings. The third-order valence-corrected chi connectivity index (χ3v) is 29.2. The van der Waals surface area contributed by atoms with Gasteiger partial charge in [-0.05, 0) is 170 Å². The Morgan fingerprint density at radius 3 is 1.36 bits per heavy atom. The van der Waals surface area contributed by atoms with E-state index in [-0.39, 0.29) is 54.3 Å². The molecule has 6 aromatic carbocycles. The summed E-state index contributed by atoms with van der Waals surface area (Å²) in [5.74, 6) is 2.73. The molecule has 6 N–H and O–H groups in total. The molecule has 15 heterocycles. The number of hydrogen-bond donors (Lipinski definition) is 6. The molecule has 0 radical (unpaired) electrons. The van der Waals surface area contributed by atoms with Gasteiger partial charge in [0.1, 0.15) is 16.3 Å². The third-order valence-electron chi connectivity index (χ3n) is 27.9. The molecule has 0 spiro atoms. The van der Waals surface area contributed by atoms with E-state index in [0.717, 1.165) is 143 Å². The van der Waals surface area contributed by atoms with E-state index in [1.54, 1.807) is 84.2 Å². The van der Waals surface area contributed by atoms with Crippen LogP contribution in [0, 0.1) is 11.8 Å². The van der Waals surface area contributed by atoms with Crippen molar-refractivity contribution in [2.75, 3.05) is 197 Å². The highest BCUT2D eigenvalue weighted by Gasteiger charge is 2.49. The summed E-state index contributed by atoms with van der Waals surface area (Å²) in [5, 5.41) is 34.5. The molecule has 21 rings (SSSR count). The molecule has 8 aliphatic heterocycles. The lowest BCUT2D eigenvalue weighted by Crippen LogP contribution is -2.48. The molecule has 6 saturated heterocycles. The summed E-state index contributed by atoms with van der Waals surface area (Å²) in [7, 11) is 3.07. The minimum absolute atomic E-state index is 0.0172. The second-order valence-corrected chi connectivity index (χ2v) is 37.4. The Hall–Kier alpha value is -14.1. The van der Waals surface area contributed by atoms with E-state index < -0.39 is 21.9 Å². The van der Waals surface area contributed by atoms with Crippen molar-refractivity contribution in [2.24, 2.45) is 0 Å². The van der Waals surface area contributed by atoms with Crippen LogP contribution in [0.4, 0.5) is 37.5 Å². The summed E-state index contributed by atoms with van der Waals surface area (Å²) in [6, 6.07) is 46.9. The summed E-state index contributed by atoms with van der Waals surface area (Å²) in [4.78, 5) is 126. The first-order valence-electron chi connectivity index (χ1n) is 47.4. The van der Waals surface area contributed by atoms with Crippen molar-refractivity contribution >= 4 is 120 Å². The van der Waals surface area contributed by atoms with Gasteiger partial charge in [0.15, 0.2) is 40.3 Å². The van der Waals surface area contributed by atoms with E-state index in [9.17, 15) is 33.2 Å². The number of H-pyrrole nitrogens is 3. The summed E-state index contributed by atoms with van der Waals surface area (Å²) >= 11 is 1.58. The molecule has 7 aromatic heterocycles. The summed E-state index contributed by atoms with van der Waals surface area (Å²) < 4.78 is 50.4. The normalized spacial score (nSPS) is 20.0. The molecular weight excluding hydrogens is 1800 g/mol. The number of nitrogens with zero attached hydrogens (tertiary/aromatic N) is 18. The quantitative estimate of drug-likeness (QED) is 0.0306. The van der Waals surface area contributed by atoms with Crippen LogP contribution in [0.2, 0.25) is 0 Å². The maximum Gasteiger partial charge on any atom is 0.258 e. The highest BCUT2D eigenvalue weighted by molar-refractivity contribution is 8.00. The number of benzene rings is 6. The van der Waals surface area contributed by atoms with E-state index in [1.165, 1.54) is 43.7 Å². The molecule has 6 fully saturated rings. The third kappa shape index (κ3) is 21.2. The molecule has 0 bridgehead atoms. The maximum atomic E-state index is 15.1. The monoisotopic (exact) mass is 1910 g/mol. The first kappa shape index (κ1) is 94.9. The largest absolute Gasteiger partial charge is 0.378 e. The first-order valence-corrected chi connectivity index (χ1v) is 48.6. The van der Waals surface area contributed by atoms with Gasteiger partial charge in [0.25, 0.3) is 11.8 Å². The lowest BCUT2D eigenvalue weighted by molar-refractivity contribution is -0.138. The predicted octanol–water partition coefficient (Wildman–Crippen LogP) is 11.9. The van der Waals surface area contributed by atoms with Crippen molar-refractivity contribution in [3.63, 3.8) is 0 Å². The molecule has 0 saturated carbocycles. The van der Waals surface area contributed by atoms with Crippen LogP contribution in [0.25, 0.3) is 89.3 Å². The Labute approximate surface area is 811 Å². The predicted molar refractivity (Wildman–Crippen MR) is 532 cm³/mol. The van der Waals surface area contributed by atoms with Crippen molar-refractivity contribution in [1.82, 2.24) is 94.9 Å². The first-order chi connectivity index (χ1) is 68.3. The number of methoxy groups -OCH3 is 2. The zero-order valence-corrected chi connectivity index (χ0v) is 79.0. The number of thioether (sulfide) groups is 1. The fraction of sp³-hybridized carbons (Fsp3) is 0.359. The van der Waals surface area contributed by atoms with Gasteiger partial charge < -0.3 is 59.4 Å². The highest BCUT2D eigenvalue weighted by Crippen LogP contribution is 2.40. The number of anilines is 5. The number of halogens is 2. The molecule has 0 unspecified atom stereocenters. The number of rotatable bonds is 24. The Morgan fingerprint density at radius 2 is 0.879 bits per heavy atom. The summed E-state index contributed by atoms with van der Waals surface area (Å²) in [5.41, 5.74) is 11.3. The average molecular weight is 1910 g/mol. The molecule has 37 heteroatoms. The van der Waals surface area contributed by atoms with Crippen LogP contribution in [-0.2, 0) is 47.7 Å². The number of likely N-dealkylation sites (tertiary alicyclic amines) is 4. The topological polar surface area (TPSA) is 378 Å². The van der Waals surface area contributed by atoms with Gasteiger partial charge in [0.2, 0.25) is 29.6 Å². The van der Waals surface area contributed by atoms with E-state index >= 15 is 4.39 Å². The highest BCUT2D eigenvalue weighted by atomic mass is 32.2. The molecule has 3 atom stereocenters. The standard InChI is InChI=1S/C35H33FN8O3.C34H37FN8O4.C34H40N8O3S/c1-47-35(34(46)40-27-8-9-29-28(19-27)32(42-41-29)26-7-10-30(36)39-20-26)13-18-43(22-35)21-31(45)44-16-11-24(12-17-44)23-3-5-25(6-4-23)33-37-14-2-15-38-33;1-46-34(33(45)38-25-4-6-29-27(20-25)32(40-39-29)43-15-17-47-18-16-43)9-14-41(22-34)21-30(44)42-12-7-23(8-13-42)26-5-3-24(19-28(26)35)31-36-10-2-11-37-31;1-46-34(33(44)37-27-7-8-29-28(21-27)32(39-38-29)42-17-19-45-20-18-42)11-16-40(23-34)22-30(43)41-14-9-25(10-15-41)24-3-5-26(6-4-24)31-35-12-2-13-36-31/h2-11,14-15,19-20H,12-13,16-18,21-22H2,1H3,(H,40,46)(H,41,42);2-7,10-11,19-20H,8-9,12-18,21-22H2,1H3,(H,38,45)(H,39,40);2-8,12-13,21,25H,9-11,14-20,22-23H2,1H3,(H,37,44)(H,38,39)/t35-;2*34-/m000/s1.